The molecule has 2 aromatic rings. The van der Waals surface area contributed by atoms with E-state index in [9.17, 15) is 23.2 Å². The zero-order valence-electron chi connectivity index (χ0n) is 21.4. The lowest BCUT2D eigenvalue weighted by Crippen LogP contribution is -2.46. The van der Waals surface area contributed by atoms with E-state index < -0.39 is 34.7 Å². The highest BCUT2D eigenvalue weighted by Gasteiger charge is 2.33. The highest BCUT2D eigenvalue weighted by Crippen LogP contribution is 2.29. The Morgan fingerprint density at radius 1 is 1.30 bits per heavy atom. The molecule has 0 spiro atoms. The molecule has 9 nitrogen and oxygen atoms in total. The van der Waals surface area contributed by atoms with Crippen LogP contribution in [0.15, 0.2) is 23.0 Å². The van der Waals surface area contributed by atoms with Crippen molar-refractivity contribution in [3.63, 3.8) is 0 Å². The minimum atomic E-state index is -1.30. The first-order chi connectivity index (χ1) is 17.3. The van der Waals surface area contributed by atoms with E-state index in [0.717, 1.165) is 12.1 Å². The number of nitrogens with one attached hydrogen (secondary N) is 1. The number of rotatable bonds is 9. The van der Waals surface area contributed by atoms with Gasteiger partial charge in [0.25, 0.3) is 11.5 Å². The largest absolute Gasteiger partial charge is 0.471 e. The molecule has 0 bridgehead atoms. The number of nitrogens with zero attached hydrogens (tertiary/aromatic N) is 3. The van der Waals surface area contributed by atoms with Crippen LogP contribution in [0.4, 0.5) is 14.7 Å². The molecule has 1 atom stereocenters. The van der Waals surface area contributed by atoms with E-state index in [2.05, 4.69) is 10.3 Å². The molecule has 1 fully saturated rings. The number of halogens is 3. The van der Waals surface area contributed by atoms with E-state index in [1.165, 1.54) is 31.4 Å². The van der Waals surface area contributed by atoms with Gasteiger partial charge in [-0.2, -0.15) is 4.98 Å². The summed E-state index contributed by atoms with van der Waals surface area (Å²) in [6.45, 7) is 9.01. The van der Waals surface area contributed by atoms with Crippen molar-refractivity contribution in [2.24, 2.45) is 5.92 Å². The van der Waals surface area contributed by atoms with Crippen molar-refractivity contribution in [2.75, 3.05) is 24.5 Å². The van der Waals surface area contributed by atoms with Gasteiger partial charge in [0.2, 0.25) is 11.8 Å². The fourth-order valence-corrected chi connectivity index (χ4v) is 4.28. The molecule has 1 N–H and O–H groups in total. The van der Waals surface area contributed by atoms with Gasteiger partial charge in [-0.25, -0.2) is 8.78 Å². The minimum Gasteiger partial charge on any atom is -0.471 e. The summed E-state index contributed by atoms with van der Waals surface area (Å²) in [6, 6.07) is 2.83. The van der Waals surface area contributed by atoms with Crippen LogP contribution in [0.3, 0.4) is 0 Å². The topological polar surface area (TPSA) is 103 Å². The maximum Gasteiger partial charge on any atom is 0.303 e. The van der Waals surface area contributed by atoms with Crippen LogP contribution in [-0.2, 0) is 20.9 Å². The zero-order valence-corrected chi connectivity index (χ0v) is 22.2. The van der Waals surface area contributed by atoms with Crippen LogP contribution in [0.5, 0.6) is 5.88 Å². The van der Waals surface area contributed by atoms with Crippen LogP contribution in [0.1, 0.15) is 52.6 Å². The second-order valence-corrected chi connectivity index (χ2v) is 10.1. The number of ether oxygens (including phenoxy) is 2. The van der Waals surface area contributed by atoms with Crippen LogP contribution >= 0.6 is 11.6 Å². The van der Waals surface area contributed by atoms with Crippen molar-refractivity contribution in [3.05, 3.63) is 50.8 Å². The highest BCUT2D eigenvalue weighted by atomic mass is 35.5. The number of benzene rings is 1. The average molecular weight is 541 g/mol. The van der Waals surface area contributed by atoms with Crippen molar-refractivity contribution in [1.82, 2.24) is 14.9 Å². The van der Waals surface area contributed by atoms with Gasteiger partial charge in [-0.1, -0.05) is 11.6 Å². The van der Waals surface area contributed by atoms with Crippen LogP contribution in [0, 0.1) is 17.6 Å². The van der Waals surface area contributed by atoms with Gasteiger partial charge < -0.3 is 19.7 Å². The Morgan fingerprint density at radius 3 is 2.62 bits per heavy atom. The van der Waals surface area contributed by atoms with Gasteiger partial charge in [-0.15, -0.1) is 0 Å². The molecular formula is C25H31ClF2N4O5. The summed E-state index contributed by atoms with van der Waals surface area (Å²) in [5.41, 5.74) is -1.71. The number of esters is 1. The highest BCUT2D eigenvalue weighted by molar-refractivity contribution is 6.31. The smallest absolute Gasteiger partial charge is 0.303 e. The molecule has 1 aliphatic heterocycles. The number of anilines is 1. The van der Waals surface area contributed by atoms with E-state index in [1.54, 1.807) is 0 Å². The van der Waals surface area contributed by atoms with E-state index in [-0.39, 0.29) is 35.0 Å². The molecule has 0 radical (unpaired) electrons. The number of hydrogen-bond acceptors (Lipinski definition) is 7. The molecule has 1 unspecified atom stereocenters. The first-order valence-corrected chi connectivity index (χ1v) is 12.3. The van der Waals surface area contributed by atoms with Gasteiger partial charge in [-0.05, 0) is 52.2 Å². The Kier molecular flexibility index (Phi) is 8.78. The standard InChI is InChI=1S/C25H31ClF2N4O5/c1-14(2)32-22(34)20(26)21(36-13-17-6-7-18(27)10-19(17)28)30-24(32)31-9-8-16(12-31)11-29-23(35)25(4,5)37-15(3)33/h6-7,10,14,16H,8-9,11-13H2,1-5H3,(H,29,35). The molecule has 12 heteroatoms. The Hall–Kier alpha value is -3.21. The lowest BCUT2D eigenvalue weighted by molar-refractivity contribution is -0.163. The van der Waals surface area contributed by atoms with Crippen molar-refractivity contribution in [1.29, 1.82) is 0 Å². The summed E-state index contributed by atoms with van der Waals surface area (Å²) >= 11 is 6.27. The molecule has 202 valence electrons. The van der Waals surface area contributed by atoms with Gasteiger partial charge in [0.1, 0.15) is 18.2 Å². The molecule has 3 rings (SSSR count). The van der Waals surface area contributed by atoms with Crippen molar-refractivity contribution >= 4 is 29.4 Å². The quantitative estimate of drug-likeness (QED) is 0.485. The fourth-order valence-electron chi connectivity index (χ4n) is 4.09. The molecule has 0 aliphatic carbocycles. The van der Waals surface area contributed by atoms with Crippen LogP contribution in [-0.4, -0.2) is 46.7 Å². The molecule has 1 aromatic carbocycles. The second kappa shape index (κ2) is 11.5. The van der Waals surface area contributed by atoms with Gasteiger partial charge in [0.05, 0.1) is 0 Å². The van der Waals surface area contributed by atoms with Crippen molar-refractivity contribution < 1.29 is 27.8 Å². The molecule has 1 saturated heterocycles. The molecule has 2 heterocycles. The molecule has 1 aliphatic rings. The third-order valence-corrected chi connectivity index (χ3v) is 6.30. The monoisotopic (exact) mass is 540 g/mol. The molecule has 37 heavy (non-hydrogen) atoms. The summed E-state index contributed by atoms with van der Waals surface area (Å²) in [4.78, 5) is 43.2. The SMILES string of the molecule is CC(=O)OC(C)(C)C(=O)NCC1CCN(c2nc(OCc3ccc(F)cc3F)c(Cl)c(=O)n2C(C)C)C1. The number of carbonyl (C=O) groups excluding carboxylic acids is 2. The Morgan fingerprint density at radius 2 is 2.00 bits per heavy atom. The minimum absolute atomic E-state index is 0.0444. The van der Waals surface area contributed by atoms with Crippen LogP contribution < -0.4 is 20.5 Å². The predicted molar refractivity (Wildman–Crippen MR) is 134 cm³/mol. The third kappa shape index (κ3) is 6.76. The lowest BCUT2D eigenvalue weighted by atomic mass is 10.1. The van der Waals surface area contributed by atoms with Gasteiger partial charge in [-0.3, -0.25) is 19.0 Å². The molecular weight excluding hydrogens is 510 g/mol. The van der Waals surface area contributed by atoms with Crippen molar-refractivity contribution in [2.45, 2.75) is 59.3 Å². The van der Waals surface area contributed by atoms with Crippen LogP contribution in [0.25, 0.3) is 0 Å². The third-order valence-electron chi connectivity index (χ3n) is 5.97. The van der Waals surface area contributed by atoms with E-state index in [4.69, 9.17) is 21.1 Å². The van der Waals surface area contributed by atoms with E-state index >= 15 is 0 Å². The Bertz CT molecular complexity index is 1230. The normalized spacial score (nSPS) is 15.7. The molecule has 1 amide bonds. The van der Waals surface area contributed by atoms with Gasteiger partial charge in [0, 0.05) is 44.2 Å². The summed E-state index contributed by atoms with van der Waals surface area (Å²) in [7, 11) is 0. The van der Waals surface area contributed by atoms with Crippen molar-refractivity contribution in [3.8, 4) is 5.88 Å². The van der Waals surface area contributed by atoms with E-state index in [1.807, 2.05) is 18.7 Å². The first kappa shape index (κ1) is 28.4. The van der Waals surface area contributed by atoms with Crippen LogP contribution in [0.2, 0.25) is 5.02 Å². The lowest BCUT2D eigenvalue weighted by Gasteiger charge is -2.26. The van der Waals surface area contributed by atoms with Gasteiger partial charge in [0.15, 0.2) is 10.6 Å². The zero-order chi connectivity index (χ0) is 27.5. The summed E-state index contributed by atoms with van der Waals surface area (Å²) < 4.78 is 39.4. The number of carbonyl (C=O) groups is 2. The maximum absolute atomic E-state index is 14.0. The molecule has 0 saturated carbocycles. The van der Waals surface area contributed by atoms with E-state index in [0.29, 0.717) is 32.0 Å². The number of amides is 1. The second-order valence-electron chi connectivity index (χ2n) is 9.74. The Balaban J connectivity index is 1.77. The fraction of sp³-hybridized carbons (Fsp3) is 0.520. The van der Waals surface area contributed by atoms with Gasteiger partial charge >= 0.3 is 5.97 Å². The summed E-state index contributed by atoms with van der Waals surface area (Å²) in [5, 5.41) is 2.58. The average Bonchev–Trinajstić information content (AvgIpc) is 3.27. The summed E-state index contributed by atoms with van der Waals surface area (Å²) in [5.74, 6) is -2.22. The molecule has 1 aromatic heterocycles. The number of hydrogen-bond donors (Lipinski definition) is 1. The predicted octanol–water partition coefficient (Wildman–Crippen LogP) is 3.62. The number of aromatic nitrogens is 2. The summed E-state index contributed by atoms with van der Waals surface area (Å²) in [6.07, 6.45) is 0.710. The first-order valence-electron chi connectivity index (χ1n) is 11.9. The maximum atomic E-state index is 14.0. The Labute approximate surface area is 218 Å².